The van der Waals surface area contributed by atoms with Gasteiger partial charge < -0.3 is 25.4 Å². The topological polar surface area (TPSA) is 163 Å². The van der Waals surface area contributed by atoms with E-state index >= 15 is 0 Å². The summed E-state index contributed by atoms with van der Waals surface area (Å²) in [6.45, 7) is 0.579. The van der Waals surface area contributed by atoms with E-state index in [-0.39, 0.29) is 13.1 Å². The van der Waals surface area contributed by atoms with Crippen LogP contribution in [0.3, 0.4) is 0 Å². The van der Waals surface area contributed by atoms with E-state index < -0.39 is 34.0 Å². The third-order valence-corrected chi connectivity index (χ3v) is 6.71. The number of piperidine rings is 1. The molecular weight excluding hydrogens is 500 g/mol. The second-order valence-corrected chi connectivity index (χ2v) is 10.5. The Kier molecular flexibility index (Phi) is 7.74. The minimum absolute atomic E-state index is 0.0554. The van der Waals surface area contributed by atoms with Crippen molar-refractivity contribution < 1.29 is 27.9 Å². The van der Waals surface area contributed by atoms with Crippen LogP contribution in [0.4, 0.5) is 16.3 Å². The number of amides is 2. The van der Waals surface area contributed by atoms with Crippen molar-refractivity contribution in [2.45, 2.75) is 19.0 Å². The average molecular weight is 529 g/mol. The Morgan fingerprint density at radius 1 is 1.22 bits per heavy atom. The van der Waals surface area contributed by atoms with E-state index in [1.165, 1.54) is 11.2 Å². The van der Waals surface area contributed by atoms with E-state index in [0.717, 1.165) is 11.9 Å². The van der Waals surface area contributed by atoms with Gasteiger partial charge in [-0.15, -0.1) is 0 Å². The lowest BCUT2D eigenvalue weighted by Crippen LogP contribution is -2.56. The minimum atomic E-state index is -3.80. The maximum atomic E-state index is 12.7. The van der Waals surface area contributed by atoms with Gasteiger partial charge >= 0.3 is 6.09 Å². The maximum absolute atomic E-state index is 12.7. The number of aromatic nitrogens is 2. The standard InChI is InChI=1S/C24H28N6O6S/c1-36-17-7-4-6-16(11-17)28-22-21-15(5-3-8-19(21)26-14-27-22)13-30(24(32)33)20-9-10-25-12-18(20)23(31)29-37(2,34)35/h3-8,11,14,18,20,25H,9-10,12-13H2,1-2H3,(H,29,31)(H,32,33)(H,26,27,28)/t18-,20-/m1/s1. The Morgan fingerprint density at radius 2 is 2.00 bits per heavy atom. The lowest BCUT2D eigenvalue weighted by Gasteiger charge is -2.38. The molecule has 0 saturated carbocycles. The third-order valence-electron chi connectivity index (χ3n) is 6.14. The smallest absolute Gasteiger partial charge is 0.407 e. The fourth-order valence-corrected chi connectivity index (χ4v) is 5.02. The van der Waals surface area contributed by atoms with Gasteiger partial charge in [0.05, 0.1) is 31.3 Å². The van der Waals surface area contributed by atoms with Crippen LogP contribution >= 0.6 is 0 Å². The summed E-state index contributed by atoms with van der Waals surface area (Å²) in [6, 6.07) is 11.9. The van der Waals surface area contributed by atoms with Gasteiger partial charge in [0.25, 0.3) is 0 Å². The molecule has 1 aliphatic heterocycles. The van der Waals surface area contributed by atoms with Crippen LogP contribution in [-0.4, -0.2) is 72.9 Å². The molecule has 1 aromatic heterocycles. The second kappa shape index (κ2) is 11.0. The first-order valence-corrected chi connectivity index (χ1v) is 13.4. The van der Waals surface area contributed by atoms with Gasteiger partial charge in [0.2, 0.25) is 15.9 Å². The molecule has 4 rings (SSSR count). The molecule has 1 saturated heterocycles. The normalized spacial score (nSPS) is 17.7. The third kappa shape index (κ3) is 6.24. The Balaban J connectivity index is 1.70. The van der Waals surface area contributed by atoms with Gasteiger partial charge in [0.15, 0.2) is 0 Å². The molecular formula is C24H28N6O6S. The highest BCUT2D eigenvalue weighted by atomic mass is 32.2. The van der Waals surface area contributed by atoms with E-state index in [1.54, 1.807) is 31.4 Å². The van der Waals surface area contributed by atoms with Crippen molar-refractivity contribution in [3.8, 4) is 5.75 Å². The van der Waals surface area contributed by atoms with Crippen molar-refractivity contribution in [1.82, 2.24) is 24.9 Å². The summed E-state index contributed by atoms with van der Waals surface area (Å²) in [7, 11) is -2.23. The zero-order valence-electron chi connectivity index (χ0n) is 20.3. The Morgan fingerprint density at radius 3 is 2.73 bits per heavy atom. The summed E-state index contributed by atoms with van der Waals surface area (Å²) in [5.74, 6) is -0.492. The van der Waals surface area contributed by atoms with Gasteiger partial charge in [0.1, 0.15) is 17.9 Å². The summed E-state index contributed by atoms with van der Waals surface area (Å²) in [6.07, 6.45) is 1.42. The number of fused-ring (bicyclic) bond motifs is 1. The van der Waals surface area contributed by atoms with Gasteiger partial charge in [-0.3, -0.25) is 9.52 Å². The number of nitrogens with one attached hydrogen (secondary N) is 3. The number of carbonyl (C=O) groups is 2. The summed E-state index contributed by atoms with van der Waals surface area (Å²) >= 11 is 0. The molecule has 2 aromatic carbocycles. The van der Waals surface area contributed by atoms with Crippen LogP contribution < -0.4 is 20.1 Å². The first-order chi connectivity index (χ1) is 17.7. The maximum Gasteiger partial charge on any atom is 0.407 e. The minimum Gasteiger partial charge on any atom is -0.497 e. The van der Waals surface area contributed by atoms with Crippen molar-refractivity contribution in [2.24, 2.45) is 5.92 Å². The molecule has 1 fully saturated rings. The molecule has 1 aliphatic rings. The number of hydrogen-bond donors (Lipinski definition) is 4. The van der Waals surface area contributed by atoms with Crippen LogP contribution in [0, 0.1) is 5.92 Å². The first kappa shape index (κ1) is 26.1. The monoisotopic (exact) mass is 528 g/mol. The summed E-state index contributed by atoms with van der Waals surface area (Å²) in [5, 5.41) is 17.1. The molecule has 0 aliphatic carbocycles. The van der Waals surface area contributed by atoms with E-state index in [9.17, 15) is 23.1 Å². The van der Waals surface area contributed by atoms with Gasteiger partial charge in [-0.2, -0.15) is 0 Å². The predicted molar refractivity (Wildman–Crippen MR) is 137 cm³/mol. The van der Waals surface area contributed by atoms with Crippen LogP contribution in [0.1, 0.15) is 12.0 Å². The molecule has 196 valence electrons. The van der Waals surface area contributed by atoms with E-state index in [2.05, 4.69) is 20.6 Å². The molecule has 2 heterocycles. The van der Waals surface area contributed by atoms with Crippen molar-refractivity contribution in [2.75, 3.05) is 31.8 Å². The van der Waals surface area contributed by atoms with Crippen LogP contribution in [0.25, 0.3) is 10.9 Å². The second-order valence-electron chi connectivity index (χ2n) is 8.71. The molecule has 3 aromatic rings. The van der Waals surface area contributed by atoms with Crippen molar-refractivity contribution in [1.29, 1.82) is 0 Å². The number of nitrogens with zero attached hydrogens (tertiary/aromatic N) is 3. The van der Waals surface area contributed by atoms with Gasteiger partial charge in [-0.1, -0.05) is 18.2 Å². The van der Waals surface area contributed by atoms with Crippen molar-refractivity contribution in [3.05, 3.63) is 54.4 Å². The number of rotatable bonds is 8. The first-order valence-electron chi connectivity index (χ1n) is 11.5. The number of carbonyl (C=O) groups excluding carboxylic acids is 1. The Labute approximate surface area is 214 Å². The van der Waals surface area contributed by atoms with Gasteiger partial charge in [-0.25, -0.2) is 23.2 Å². The Bertz CT molecular complexity index is 1410. The number of hydrogen-bond acceptors (Lipinski definition) is 9. The lowest BCUT2D eigenvalue weighted by atomic mass is 9.91. The largest absolute Gasteiger partial charge is 0.497 e. The lowest BCUT2D eigenvalue weighted by molar-refractivity contribution is -0.125. The molecule has 0 spiro atoms. The summed E-state index contributed by atoms with van der Waals surface area (Å²) in [4.78, 5) is 35.1. The highest BCUT2D eigenvalue weighted by molar-refractivity contribution is 7.89. The molecule has 4 N–H and O–H groups in total. The zero-order chi connectivity index (χ0) is 26.6. The fraction of sp³-hybridized carbons (Fsp3) is 0.333. The molecule has 0 unspecified atom stereocenters. The summed E-state index contributed by atoms with van der Waals surface area (Å²) < 4.78 is 30.6. The highest BCUT2D eigenvalue weighted by Gasteiger charge is 2.38. The fourth-order valence-electron chi connectivity index (χ4n) is 4.50. The molecule has 12 nitrogen and oxygen atoms in total. The number of ether oxygens (including phenoxy) is 1. The molecule has 0 bridgehead atoms. The number of anilines is 2. The average Bonchev–Trinajstić information content (AvgIpc) is 2.86. The SMILES string of the molecule is COc1cccc(Nc2ncnc3cccc(CN(C(=O)O)[C@@H]4CCNC[C@H]4C(=O)NS(C)(=O)=O)c23)c1. The van der Waals surface area contributed by atoms with Crippen LogP contribution in [0.15, 0.2) is 48.8 Å². The van der Waals surface area contributed by atoms with E-state index in [1.807, 2.05) is 22.9 Å². The molecule has 0 radical (unpaired) electrons. The molecule has 13 heteroatoms. The highest BCUT2D eigenvalue weighted by Crippen LogP contribution is 2.30. The number of methoxy groups -OCH3 is 1. The van der Waals surface area contributed by atoms with Crippen LogP contribution in [0.5, 0.6) is 5.75 Å². The number of benzene rings is 2. The van der Waals surface area contributed by atoms with Gasteiger partial charge in [-0.05, 0) is 36.7 Å². The molecule has 2 atom stereocenters. The Hall–Kier alpha value is -3.97. The quantitative estimate of drug-likeness (QED) is 0.340. The van der Waals surface area contributed by atoms with Crippen molar-refractivity contribution in [3.63, 3.8) is 0 Å². The van der Waals surface area contributed by atoms with E-state index in [0.29, 0.717) is 41.0 Å². The van der Waals surface area contributed by atoms with E-state index in [4.69, 9.17) is 4.74 Å². The van der Waals surface area contributed by atoms with Crippen LogP contribution in [-0.2, 0) is 21.4 Å². The van der Waals surface area contributed by atoms with Crippen LogP contribution in [0.2, 0.25) is 0 Å². The molecule has 37 heavy (non-hydrogen) atoms. The summed E-state index contributed by atoms with van der Waals surface area (Å²) in [5.41, 5.74) is 1.96. The van der Waals surface area contributed by atoms with Crippen molar-refractivity contribution >= 4 is 44.4 Å². The zero-order valence-corrected chi connectivity index (χ0v) is 21.2. The van der Waals surface area contributed by atoms with Gasteiger partial charge in [0, 0.05) is 29.7 Å². The molecule has 2 amide bonds. The number of sulfonamides is 1. The predicted octanol–water partition coefficient (Wildman–Crippen LogP) is 1.92. The number of carboxylic acid groups (broad SMARTS) is 1.